The Morgan fingerprint density at radius 1 is 1.38 bits per heavy atom. The van der Waals surface area contributed by atoms with Crippen molar-refractivity contribution in [2.45, 2.75) is 38.7 Å². The minimum atomic E-state index is -0.890. The number of carbonyl (C=O) groups is 2. The summed E-state index contributed by atoms with van der Waals surface area (Å²) >= 11 is 0. The van der Waals surface area contributed by atoms with Crippen molar-refractivity contribution < 1.29 is 19.8 Å². The van der Waals surface area contributed by atoms with E-state index in [0.29, 0.717) is 5.92 Å². The second-order valence-electron chi connectivity index (χ2n) is 4.62. The number of carboxylic acid groups (broad SMARTS) is 1. The van der Waals surface area contributed by atoms with Crippen LogP contribution in [0.5, 0.6) is 0 Å². The van der Waals surface area contributed by atoms with Gasteiger partial charge in [-0.3, -0.25) is 9.59 Å². The summed E-state index contributed by atoms with van der Waals surface area (Å²) in [5.74, 6) is -0.904. The summed E-state index contributed by atoms with van der Waals surface area (Å²) in [6.07, 6.45) is 1.82. The van der Waals surface area contributed by atoms with E-state index in [0.717, 1.165) is 12.8 Å². The summed E-state index contributed by atoms with van der Waals surface area (Å²) in [5.41, 5.74) is 0. The average Bonchev–Trinajstić information content (AvgIpc) is 2.95. The molecule has 5 heteroatoms. The third kappa shape index (κ3) is 5.11. The first-order valence-electron chi connectivity index (χ1n) is 5.65. The molecule has 0 saturated heterocycles. The molecule has 2 atom stereocenters. The number of nitrogens with one attached hydrogen (secondary N) is 1. The zero-order chi connectivity index (χ0) is 12.1. The van der Waals surface area contributed by atoms with Crippen molar-refractivity contribution in [3.05, 3.63) is 0 Å². The van der Waals surface area contributed by atoms with E-state index in [4.69, 9.17) is 5.11 Å². The molecule has 92 valence electrons. The van der Waals surface area contributed by atoms with Crippen LogP contribution in [0.2, 0.25) is 0 Å². The normalized spacial score (nSPS) is 18.9. The van der Waals surface area contributed by atoms with Crippen LogP contribution in [0.4, 0.5) is 0 Å². The van der Waals surface area contributed by atoms with Gasteiger partial charge in [0.15, 0.2) is 0 Å². The molecule has 0 aromatic rings. The third-order valence-corrected chi connectivity index (χ3v) is 2.73. The smallest absolute Gasteiger partial charge is 0.303 e. The van der Waals surface area contributed by atoms with Crippen molar-refractivity contribution >= 4 is 11.9 Å². The highest BCUT2D eigenvalue weighted by molar-refractivity contribution is 5.77. The Morgan fingerprint density at radius 2 is 2.00 bits per heavy atom. The van der Waals surface area contributed by atoms with Gasteiger partial charge in [0.1, 0.15) is 0 Å². The SMILES string of the molecule is CC(CC(=O)O)CC(=O)NCC(O)C1CC1. The van der Waals surface area contributed by atoms with Crippen LogP contribution in [0.3, 0.4) is 0 Å². The Hall–Kier alpha value is -1.10. The van der Waals surface area contributed by atoms with E-state index in [-0.39, 0.29) is 31.2 Å². The van der Waals surface area contributed by atoms with Crippen molar-refractivity contribution in [3.63, 3.8) is 0 Å². The van der Waals surface area contributed by atoms with Gasteiger partial charge in [-0.1, -0.05) is 6.92 Å². The molecular weight excluding hydrogens is 210 g/mol. The molecule has 0 aliphatic heterocycles. The van der Waals surface area contributed by atoms with Gasteiger partial charge in [-0.2, -0.15) is 0 Å². The van der Waals surface area contributed by atoms with E-state index in [1.807, 2.05) is 0 Å². The van der Waals surface area contributed by atoms with Gasteiger partial charge in [0, 0.05) is 19.4 Å². The first-order valence-corrected chi connectivity index (χ1v) is 5.65. The topological polar surface area (TPSA) is 86.6 Å². The predicted molar refractivity (Wildman–Crippen MR) is 57.8 cm³/mol. The highest BCUT2D eigenvalue weighted by Gasteiger charge is 2.29. The van der Waals surface area contributed by atoms with E-state index >= 15 is 0 Å². The van der Waals surface area contributed by atoms with Crippen molar-refractivity contribution in [2.75, 3.05) is 6.54 Å². The Bertz CT molecular complexity index is 263. The monoisotopic (exact) mass is 229 g/mol. The molecule has 0 radical (unpaired) electrons. The third-order valence-electron chi connectivity index (χ3n) is 2.73. The summed E-state index contributed by atoms with van der Waals surface area (Å²) in [4.78, 5) is 21.8. The molecule has 0 spiro atoms. The molecule has 0 bridgehead atoms. The second kappa shape index (κ2) is 5.84. The fourth-order valence-electron chi connectivity index (χ4n) is 1.62. The second-order valence-corrected chi connectivity index (χ2v) is 4.62. The average molecular weight is 229 g/mol. The fraction of sp³-hybridized carbons (Fsp3) is 0.818. The Balaban J connectivity index is 2.11. The molecule has 16 heavy (non-hydrogen) atoms. The number of aliphatic hydroxyl groups excluding tert-OH is 1. The molecule has 0 aromatic heterocycles. The number of rotatable bonds is 7. The van der Waals surface area contributed by atoms with E-state index in [1.54, 1.807) is 6.92 Å². The molecule has 1 aliphatic rings. The molecule has 0 aromatic carbocycles. The van der Waals surface area contributed by atoms with Gasteiger partial charge in [-0.15, -0.1) is 0 Å². The van der Waals surface area contributed by atoms with Gasteiger partial charge in [0.25, 0.3) is 0 Å². The van der Waals surface area contributed by atoms with Crippen LogP contribution < -0.4 is 5.32 Å². The zero-order valence-corrected chi connectivity index (χ0v) is 9.48. The van der Waals surface area contributed by atoms with Crippen LogP contribution in [0, 0.1) is 11.8 Å². The highest BCUT2D eigenvalue weighted by Crippen LogP contribution is 2.32. The fourth-order valence-corrected chi connectivity index (χ4v) is 1.62. The van der Waals surface area contributed by atoms with Crippen LogP contribution in [0.1, 0.15) is 32.6 Å². The van der Waals surface area contributed by atoms with E-state index < -0.39 is 12.1 Å². The molecule has 1 amide bonds. The lowest BCUT2D eigenvalue weighted by Crippen LogP contribution is -2.34. The molecule has 1 rings (SSSR count). The van der Waals surface area contributed by atoms with Crippen LogP contribution in [0.25, 0.3) is 0 Å². The molecule has 1 aliphatic carbocycles. The molecule has 0 heterocycles. The molecule has 2 unspecified atom stereocenters. The lowest BCUT2D eigenvalue weighted by atomic mass is 10.0. The molecule has 1 fully saturated rings. The summed E-state index contributed by atoms with van der Waals surface area (Å²) in [6, 6.07) is 0. The van der Waals surface area contributed by atoms with Crippen molar-refractivity contribution in [1.82, 2.24) is 5.32 Å². The maximum Gasteiger partial charge on any atom is 0.303 e. The molecule has 3 N–H and O–H groups in total. The van der Waals surface area contributed by atoms with E-state index in [1.165, 1.54) is 0 Å². The first-order chi connectivity index (χ1) is 7.49. The van der Waals surface area contributed by atoms with Crippen molar-refractivity contribution in [2.24, 2.45) is 11.8 Å². The lowest BCUT2D eigenvalue weighted by Gasteiger charge is -2.12. The number of carboxylic acids is 1. The van der Waals surface area contributed by atoms with E-state index in [9.17, 15) is 14.7 Å². The Morgan fingerprint density at radius 3 is 2.50 bits per heavy atom. The molecular formula is C11H19NO4. The van der Waals surface area contributed by atoms with Crippen LogP contribution in [0.15, 0.2) is 0 Å². The highest BCUT2D eigenvalue weighted by atomic mass is 16.4. The summed E-state index contributed by atoms with van der Waals surface area (Å²) in [7, 11) is 0. The number of aliphatic hydroxyl groups is 1. The minimum Gasteiger partial charge on any atom is -0.481 e. The maximum atomic E-state index is 11.4. The minimum absolute atomic E-state index is 0.00139. The molecule has 5 nitrogen and oxygen atoms in total. The zero-order valence-electron chi connectivity index (χ0n) is 9.48. The Labute approximate surface area is 94.8 Å². The summed E-state index contributed by atoms with van der Waals surface area (Å²) in [6.45, 7) is 2.01. The standard InChI is InChI=1S/C11H19NO4/c1-7(5-11(15)16)4-10(14)12-6-9(13)8-2-3-8/h7-9,13H,2-6H2,1H3,(H,12,14)(H,15,16). The van der Waals surface area contributed by atoms with Crippen LogP contribution in [-0.4, -0.2) is 34.7 Å². The van der Waals surface area contributed by atoms with Crippen LogP contribution >= 0.6 is 0 Å². The largest absolute Gasteiger partial charge is 0.481 e. The van der Waals surface area contributed by atoms with Gasteiger partial charge in [-0.05, 0) is 24.7 Å². The van der Waals surface area contributed by atoms with Gasteiger partial charge in [0.05, 0.1) is 6.10 Å². The van der Waals surface area contributed by atoms with Crippen molar-refractivity contribution in [3.8, 4) is 0 Å². The number of aliphatic carboxylic acids is 1. The quantitative estimate of drug-likeness (QED) is 0.589. The summed E-state index contributed by atoms with van der Waals surface area (Å²) in [5, 5.41) is 20.7. The van der Waals surface area contributed by atoms with Gasteiger partial charge >= 0.3 is 5.97 Å². The Kier molecular flexibility index (Phi) is 4.73. The summed E-state index contributed by atoms with van der Waals surface area (Å²) < 4.78 is 0. The van der Waals surface area contributed by atoms with Crippen LogP contribution in [-0.2, 0) is 9.59 Å². The predicted octanol–water partition coefficient (Wildman–Crippen LogP) is 0.374. The van der Waals surface area contributed by atoms with Crippen molar-refractivity contribution in [1.29, 1.82) is 0 Å². The number of hydrogen-bond acceptors (Lipinski definition) is 3. The van der Waals surface area contributed by atoms with E-state index in [2.05, 4.69) is 5.32 Å². The lowest BCUT2D eigenvalue weighted by molar-refractivity contribution is -0.138. The van der Waals surface area contributed by atoms with Gasteiger partial charge in [-0.25, -0.2) is 0 Å². The maximum absolute atomic E-state index is 11.4. The number of carbonyl (C=O) groups excluding carboxylic acids is 1. The van der Waals surface area contributed by atoms with Gasteiger partial charge < -0.3 is 15.5 Å². The molecule has 1 saturated carbocycles. The number of hydrogen-bond donors (Lipinski definition) is 3. The first kappa shape index (κ1) is 13.0. The number of amides is 1. The van der Waals surface area contributed by atoms with Gasteiger partial charge in [0.2, 0.25) is 5.91 Å².